The maximum atomic E-state index is 10.0. The van der Waals surface area contributed by atoms with E-state index in [1.54, 1.807) is 18.2 Å². The van der Waals surface area contributed by atoms with E-state index in [4.69, 9.17) is 0 Å². The van der Waals surface area contributed by atoms with Crippen LogP contribution in [0.1, 0.15) is 17.3 Å². The lowest BCUT2D eigenvalue weighted by molar-refractivity contribution is 0.112. The highest BCUT2D eigenvalue weighted by atomic mass is 16.1. The highest BCUT2D eigenvalue weighted by molar-refractivity contribution is 5.74. The predicted molar refractivity (Wildman–Crippen MR) is 47.7 cm³/mol. The molecule has 0 radical (unpaired) electrons. The van der Waals surface area contributed by atoms with Crippen LogP contribution >= 0.6 is 0 Å². The fraction of sp³-hybridized carbons (Fsp3) is 0.100. The van der Waals surface area contributed by atoms with Crippen LogP contribution in [0.5, 0.6) is 0 Å². The molecule has 1 heteroatoms. The molecule has 0 aliphatic rings. The van der Waals surface area contributed by atoms with E-state index in [1.807, 2.05) is 25.1 Å². The minimum Gasteiger partial charge on any atom is -0.298 e. The van der Waals surface area contributed by atoms with Gasteiger partial charge in [0.1, 0.15) is 6.29 Å². The van der Waals surface area contributed by atoms with Crippen molar-refractivity contribution in [3.05, 3.63) is 48.6 Å². The first-order valence-electron chi connectivity index (χ1n) is 3.42. The fourth-order valence-electron chi connectivity index (χ4n) is 0.532. The van der Waals surface area contributed by atoms with Gasteiger partial charge < -0.3 is 0 Å². The Morgan fingerprint density at radius 1 is 1.27 bits per heavy atom. The van der Waals surface area contributed by atoms with Crippen LogP contribution in [0.4, 0.5) is 0 Å². The van der Waals surface area contributed by atoms with Crippen molar-refractivity contribution in [3.8, 4) is 0 Å². The number of aldehydes is 1. The van der Waals surface area contributed by atoms with Crippen molar-refractivity contribution >= 4 is 6.29 Å². The van der Waals surface area contributed by atoms with Crippen LogP contribution in [0.25, 0.3) is 0 Å². The first-order chi connectivity index (χ1) is 5.35. The number of rotatable bonds is 1. The smallest absolute Gasteiger partial charge is 0.150 e. The van der Waals surface area contributed by atoms with Gasteiger partial charge in [0.15, 0.2) is 0 Å². The molecule has 0 unspecified atom stereocenters. The summed E-state index contributed by atoms with van der Waals surface area (Å²) in [5, 5.41) is 0. The van der Waals surface area contributed by atoms with E-state index in [0.29, 0.717) is 0 Å². The van der Waals surface area contributed by atoms with E-state index in [9.17, 15) is 4.79 Å². The third kappa shape index (κ3) is 5.09. The molecule has 0 saturated carbocycles. The number of hydrogen-bond acceptors (Lipinski definition) is 1. The number of benzene rings is 1. The summed E-state index contributed by atoms with van der Waals surface area (Å²) in [6.45, 7) is 5.25. The first-order valence-corrected chi connectivity index (χ1v) is 3.42. The van der Waals surface area contributed by atoms with Gasteiger partial charge in [-0.25, -0.2) is 0 Å². The SMILES string of the molecule is C=CC.O=Cc1ccccc1. The van der Waals surface area contributed by atoms with Crippen molar-refractivity contribution in [1.82, 2.24) is 0 Å². The van der Waals surface area contributed by atoms with Crippen LogP contribution < -0.4 is 0 Å². The zero-order valence-corrected chi connectivity index (χ0v) is 6.66. The Morgan fingerprint density at radius 2 is 1.73 bits per heavy atom. The highest BCUT2D eigenvalue weighted by Crippen LogP contribution is 1.91. The number of hydrogen-bond donors (Lipinski definition) is 0. The topological polar surface area (TPSA) is 17.1 Å². The van der Waals surface area contributed by atoms with Gasteiger partial charge in [0, 0.05) is 5.56 Å². The molecule has 1 aromatic carbocycles. The fourth-order valence-corrected chi connectivity index (χ4v) is 0.532. The average molecular weight is 148 g/mol. The highest BCUT2D eigenvalue weighted by Gasteiger charge is 1.79. The van der Waals surface area contributed by atoms with Crippen LogP contribution in [0.15, 0.2) is 43.0 Å². The lowest BCUT2D eigenvalue weighted by atomic mass is 10.2. The molecular weight excluding hydrogens is 136 g/mol. The van der Waals surface area contributed by atoms with Crippen molar-refractivity contribution in [3.63, 3.8) is 0 Å². The molecule has 1 rings (SSSR count). The molecule has 11 heavy (non-hydrogen) atoms. The molecule has 0 atom stereocenters. The summed E-state index contributed by atoms with van der Waals surface area (Å²) < 4.78 is 0. The van der Waals surface area contributed by atoms with Gasteiger partial charge in [-0.2, -0.15) is 0 Å². The van der Waals surface area contributed by atoms with Crippen LogP contribution in [-0.2, 0) is 0 Å². The molecular formula is C10H12O. The standard InChI is InChI=1S/C7H6O.C3H6/c8-6-7-4-2-1-3-5-7;1-3-2/h1-6H;3H,1H2,2H3. The lowest BCUT2D eigenvalue weighted by Gasteiger charge is -1.81. The molecule has 0 saturated heterocycles. The van der Waals surface area contributed by atoms with E-state index in [-0.39, 0.29) is 0 Å². The minimum atomic E-state index is 0.729. The summed E-state index contributed by atoms with van der Waals surface area (Å²) in [7, 11) is 0. The molecule has 0 fully saturated rings. The van der Waals surface area contributed by atoms with Crippen molar-refractivity contribution in [2.75, 3.05) is 0 Å². The van der Waals surface area contributed by atoms with Crippen LogP contribution in [0.2, 0.25) is 0 Å². The zero-order valence-electron chi connectivity index (χ0n) is 6.66. The zero-order chi connectivity index (χ0) is 8.53. The van der Waals surface area contributed by atoms with Crippen molar-refractivity contribution in [1.29, 1.82) is 0 Å². The van der Waals surface area contributed by atoms with Crippen LogP contribution in [0, 0.1) is 0 Å². The molecule has 0 aliphatic heterocycles. The minimum absolute atomic E-state index is 0.729. The molecule has 1 aromatic rings. The Balaban J connectivity index is 0.000000292. The molecule has 0 amide bonds. The maximum absolute atomic E-state index is 10.0. The molecule has 1 nitrogen and oxygen atoms in total. The van der Waals surface area contributed by atoms with Gasteiger partial charge in [-0.1, -0.05) is 36.4 Å². The normalized spacial score (nSPS) is 7.36. The summed E-state index contributed by atoms with van der Waals surface area (Å²) in [6.07, 6.45) is 2.58. The Hall–Kier alpha value is -1.37. The molecule has 0 spiro atoms. The van der Waals surface area contributed by atoms with E-state index < -0.39 is 0 Å². The van der Waals surface area contributed by atoms with E-state index >= 15 is 0 Å². The van der Waals surface area contributed by atoms with Crippen LogP contribution in [0.3, 0.4) is 0 Å². The average Bonchev–Trinajstić information content (AvgIpc) is 2.08. The quantitative estimate of drug-likeness (QED) is 0.442. The molecule has 58 valence electrons. The van der Waals surface area contributed by atoms with Crippen molar-refractivity contribution in [2.24, 2.45) is 0 Å². The van der Waals surface area contributed by atoms with Crippen molar-refractivity contribution in [2.45, 2.75) is 6.92 Å². The Morgan fingerprint density at radius 3 is 2.00 bits per heavy atom. The van der Waals surface area contributed by atoms with Crippen LogP contribution in [-0.4, -0.2) is 6.29 Å². The Bertz CT molecular complexity index is 201. The molecule has 0 bridgehead atoms. The van der Waals surface area contributed by atoms with Gasteiger partial charge in [0.25, 0.3) is 0 Å². The molecule has 0 aliphatic carbocycles. The van der Waals surface area contributed by atoms with Gasteiger partial charge in [0.2, 0.25) is 0 Å². The predicted octanol–water partition coefficient (Wildman–Crippen LogP) is 2.69. The van der Waals surface area contributed by atoms with E-state index in [2.05, 4.69) is 6.58 Å². The largest absolute Gasteiger partial charge is 0.298 e. The van der Waals surface area contributed by atoms with E-state index in [1.165, 1.54) is 0 Å². The lowest BCUT2D eigenvalue weighted by Crippen LogP contribution is -1.73. The molecule has 0 N–H and O–H groups in total. The monoisotopic (exact) mass is 148 g/mol. The van der Waals surface area contributed by atoms with Crippen molar-refractivity contribution < 1.29 is 4.79 Å². The summed E-state index contributed by atoms with van der Waals surface area (Å²) in [5.74, 6) is 0. The van der Waals surface area contributed by atoms with Gasteiger partial charge in [-0.05, 0) is 6.92 Å². The van der Waals surface area contributed by atoms with Gasteiger partial charge in [0.05, 0.1) is 0 Å². The summed E-state index contributed by atoms with van der Waals surface area (Å²) in [5.41, 5.74) is 0.729. The Labute approximate surface area is 67.4 Å². The first kappa shape index (κ1) is 9.63. The summed E-state index contributed by atoms with van der Waals surface area (Å²) in [4.78, 5) is 10.0. The van der Waals surface area contributed by atoms with Gasteiger partial charge in [-0.15, -0.1) is 6.58 Å². The molecule has 0 heterocycles. The second-order valence-electron chi connectivity index (χ2n) is 1.94. The van der Waals surface area contributed by atoms with Gasteiger partial charge >= 0.3 is 0 Å². The van der Waals surface area contributed by atoms with Gasteiger partial charge in [-0.3, -0.25) is 4.79 Å². The maximum Gasteiger partial charge on any atom is 0.150 e. The number of allylic oxidation sites excluding steroid dienone is 1. The van der Waals surface area contributed by atoms with E-state index in [0.717, 1.165) is 11.8 Å². The number of carbonyl (C=O) groups excluding carboxylic acids is 1. The third-order valence-electron chi connectivity index (χ3n) is 0.936. The second-order valence-corrected chi connectivity index (χ2v) is 1.94. The number of carbonyl (C=O) groups is 1. The summed E-state index contributed by atoms with van der Waals surface area (Å²) in [6, 6.07) is 9.10. The molecule has 0 aromatic heterocycles. The summed E-state index contributed by atoms with van der Waals surface area (Å²) >= 11 is 0. The second kappa shape index (κ2) is 6.75. The Kier molecular flexibility index (Phi) is 5.91. The third-order valence-corrected chi connectivity index (χ3v) is 0.936.